The molecule has 1 heterocycles. The maximum Gasteiger partial charge on any atom is 0.320 e. The van der Waals surface area contributed by atoms with Gasteiger partial charge in [-0.05, 0) is 37.3 Å². The first-order chi connectivity index (χ1) is 11.0. The Morgan fingerprint density at radius 2 is 2.00 bits per heavy atom. The van der Waals surface area contributed by atoms with Gasteiger partial charge in [-0.25, -0.2) is 0 Å². The van der Waals surface area contributed by atoms with Crippen LogP contribution in [0.5, 0.6) is 0 Å². The zero-order chi connectivity index (χ0) is 16.8. The lowest BCUT2D eigenvalue weighted by molar-refractivity contribution is -0.142. The molecule has 1 saturated heterocycles. The number of nitrogens with zero attached hydrogens (tertiary/aromatic N) is 1. The Labute approximate surface area is 137 Å². The maximum absolute atomic E-state index is 12.4. The zero-order valence-corrected chi connectivity index (χ0v) is 13.9. The predicted molar refractivity (Wildman–Crippen MR) is 89.0 cm³/mol. The van der Waals surface area contributed by atoms with Crippen LogP contribution in [0.2, 0.25) is 0 Å². The highest BCUT2D eigenvalue weighted by atomic mass is 16.4. The third-order valence-electron chi connectivity index (χ3n) is 4.24. The van der Waals surface area contributed by atoms with Gasteiger partial charge >= 0.3 is 5.97 Å². The van der Waals surface area contributed by atoms with Crippen LogP contribution in [0.4, 0.5) is 0 Å². The van der Waals surface area contributed by atoms with Crippen molar-refractivity contribution in [3.8, 4) is 0 Å². The van der Waals surface area contributed by atoms with Crippen molar-refractivity contribution in [1.29, 1.82) is 0 Å². The number of hydrogen-bond acceptors (Lipinski definition) is 3. The van der Waals surface area contributed by atoms with Gasteiger partial charge in [0.15, 0.2) is 0 Å². The van der Waals surface area contributed by atoms with Crippen LogP contribution in [0.25, 0.3) is 0 Å². The summed E-state index contributed by atoms with van der Waals surface area (Å²) in [5.41, 5.74) is 1.09. The number of amides is 1. The minimum atomic E-state index is -0.836. The average molecular weight is 318 g/mol. The Balaban J connectivity index is 1.99. The number of hydrogen-bond donors (Lipinski definition) is 2. The summed E-state index contributed by atoms with van der Waals surface area (Å²) in [7, 11) is 0. The molecule has 23 heavy (non-hydrogen) atoms. The van der Waals surface area contributed by atoms with Crippen LogP contribution in [0.15, 0.2) is 30.3 Å². The summed E-state index contributed by atoms with van der Waals surface area (Å²) in [5.74, 6) is -0.483. The summed E-state index contributed by atoms with van der Waals surface area (Å²) < 4.78 is 0. The van der Waals surface area contributed by atoms with Crippen molar-refractivity contribution in [2.45, 2.75) is 45.2 Å². The first kappa shape index (κ1) is 17.5. The van der Waals surface area contributed by atoms with Crippen LogP contribution in [0.3, 0.4) is 0 Å². The van der Waals surface area contributed by atoms with Gasteiger partial charge in [-0.15, -0.1) is 0 Å². The number of nitrogens with one attached hydrogen (secondary N) is 1. The summed E-state index contributed by atoms with van der Waals surface area (Å²) in [6, 6.07) is 9.37. The minimum absolute atomic E-state index is 0.0328. The molecule has 1 aromatic rings. The molecule has 0 saturated carbocycles. The van der Waals surface area contributed by atoms with Crippen LogP contribution >= 0.6 is 0 Å². The third kappa shape index (κ3) is 5.06. The molecule has 0 radical (unpaired) electrons. The molecular formula is C18H26N2O3. The van der Waals surface area contributed by atoms with Gasteiger partial charge in [-0.2, -0.15) is 0 Å². The SMILES string of the molecule is CC(C)CC(NC(=O)CN1CCC[C@H]1C(=O)O)c1ccccc1. The first-order valence-electron chi connectivity index (χ1n) is 8.28. The van der Waals surface area contributed by atoms with Gasteiger partial charge < -0.3 is 10.4 Å². The molecule has 0 aromatic heterocycles. The Morgan fingerprint density at radius 1 is 1.30 bits per heavy atom. The number of carboxylic acid groups (broad SMARTS) is 1. The Bertz CT molecular complexity index is 530. The maximum atomic E-state index is 12.4. The molecule has 2 N–H and O–H groups in total. The predicted octanol–water partition coefficient (Wildman–Crippen LogP) is 2.44. The fourth-order valence-electron chi connectivity index (χ4n) is 3.15. The van der Waals surface area contributed by atoms with E-state index >= 15 is 0 Å². The van der Waals surface area contributed by atoms with Gasteiger partial charge in [-0.3, -0.25) is 14.5 Å². The Kier molecular flexibility index (Phi) is 6.16. The molecule has 2 rings (SSSR count). The van der Waals surface area contributed by atoms with Crippen molar-refractivity contribution in [1.82, 2.24) is 10.2 Å². The molecule has 1 aliphatic rings. The average Bonchev–Trinajstić information content (AvgIpc) is 2.95. The molecule has 0 aliphatic carbocycles. The fraction of sp³-hybridized carbons (Fsp3) is 0.556. The van der Waals surface area contributed by atoms with E-state index in [0.717, 1.165) is 18.4 Å². The van der Waals surface area contributed by atoms with E-state index in [0.29, 0.717) is 18.9 Å². The number of carboxylic acids is 1. The number of rotatable bonds is 7. The van der Waals surface area contributed by atoms with Gasteiger partial charge in [-0.1, -0.05) is 44.2 Å². The van der Waals surface area contributed by atoms with Gasteiger partial charge in [0.25, 0.3) is 0 Å². The van der Waals surface area contributed by atoms with E-state index in [2.05, 4.69) is 19.2 Å². The van der Waals surface area contributed by atoms with Crippen molar-refractivity contribution in [2.75, 3.05) is 13.1 Å². The van der Waals surface area contributed by atoms with E-state index in [1.165, 1.54) is 0 Å². The zero-order valence-electron chi connectivity index (χ0n) is 13.9. The second-order valence-corrected chi connectivity index (χ2v) is 6.63. The second kappa shape index (κ2) is 8.11. The van der Waals surface area contributed by atoms with Gasteiger partial charge in [0.05, 0.1) is 12.6 Å². The number of carbonyl (C=O) groups is 2. The summed E-state index contributed by atoms with van der Waals surface area (Å²) >= 11 is 0. The number of benzene rings is 1. The molecule has 1 unspecified atom stereocenters. The van der Waals surface area contributed by atoms with Crippen LogP contribution < -0.4 is 5.32 Å². The number of aliphatic carboxylic acids is 1. The Morgan fingerprint density at radius 3 is 2.61 bits per heavy atom. The molecule has 1 aromatic carbocycles. The minimum Gasteiger partial charge on any atom is -0.480 e. The molecular weight excluding hydrogens is 292 g/mol. The van der Waals surface area contributed by atoms with Crippen LogP contribution in [-0.4, -0.2) is 41.0 Å². The molecule has 126 valence electrons. The van der Waals surface area contributed by atoms with Gasteiger partial charge in [0, 0.05) is 0 Å². The molecule has 1 amide bonds. The molecule has 1 fully saturated rings. The molecule has 2 atom stereocenters. The topological polar surface area (TPSA) is 69.6 Å². The highest BCUT2D eigenvalue weighted by Crippen LogP contribution is 2.22. The van der Waals surface area contributed by atoms with Crippen LogP contribution in [-0.2, 0) is 9.59 Å². The van der Waals surface area contributed by atoms with E-state index < -0.39 is 12.0 Å². The summed E-state index contributed by atoms with van der Waals surface area (Å²) in [4.78, 5) is 25.4. The van der Waals surface area contributed by atoms with E-state index in [1.54, 1.807) is 4.90 Å². The van der Waals surface area contributed by atoms with Crippen molar-refractivity contribution in [3.63, 3.8) is 0 Å². The molecule has 1 aliphatic heterocycles. The third-order valence-corrected chi connectivity index (χ3v) is 4.24. The monoisotopic (exact) mass is 318 g/mol. The van der Waals surface area contributed by atoms with Gasteiger partial charge in [0.2, 0.25) is 5.91 Å². The van der Waals surface area contributed by atoms with Gasteiger partial charge in [0.1, 0.15) is 6.04 Å². The normalized spacial score (nSPS) is 19.7. The van der Waals surface area contributed by atoms with Crippen LogP contribution in [0, 0.1) is 5.92 Å². The van der Waals surface area contributed by atoms with E-state index in [-0.39, 0.29) is 18.5 Å². The lowest BCUT2D eigenvalue weighted by Gasteiger charge is -2.24. The largest absolute Gasteiger partial charge is 0.480 e. The molecule has 5 heteroatoms. The highest BCUT2D eigenvalue weighted by Gasteiger charge is 2.32. The Hall–Kier alpha value is -1.88. The van der Waals surface area contributed by atoms with E-state index in [4.69, 9.17) is 0 Å². The highest BCUT2D eigenvalue weighted by molar-refractivity contribution is 5.80. The molecule has 0 bridgehead atoms. The smallest absolute Gasteiger partial charge is 0.320 e. The molecule has 0 spiro atoms. The van der Waals surface area contributed by atoms with E-state index in [9.17, 15) is 14.7 Å². The van der Waals surface area contributed by atoms with Crippen molar-refractivity contribution in [2.24, 2.45) is 5.92 Å². The lowest BCUT2D eigenvalue weighted by Crippen LogP contribution is -2.43. The quantitative estimate of drug-likeness (QED) is 0.810. The summed E-state index contributed by atoms with van der Waals surface area (Å²) in [6.45, 7) is 5.08. The summed E-state index contributed by atoms with van der Waals surface area (Å²) in [6.07, 6.45) is 2.31. The van der Waals surface area contributed by atoms with E-state index in [1.807, 2.05) is 30.3 Å². The number of carbonyl (C=O) groups excluding carboxylic acids is 1. The van der Waals surface area contributed by atoms with Crippen molar-refractivity contribution < 1.29 is 14.7 Å². The first-order valence-corrected chi connectivity index (χ1v) is 8.28. The number of likely N-dealkylation sites (tertiary alicyclic amines) is 1. The van der Waals surface area contributed by atoms with Crippen molar-refractivity contribution >= 4 is 11.9 Å². The van der Waals surface area contributed by atoms with Crippen LogP contribution in [0.1, 0.15) is 44.7 Å². The standard InChI is InChI=1S/C18H26N2O3/c1-13(2)11-15(14-7-4-3-5-8-14)19-17(21)12-20-10-6-9-16(20)18(22)23/h3-5,7-8,13,15-16H,6,9-12H2,1-2H3,(H,19,21)(H,22,23)/t15?,16-/m0/s1. The molecule has 5 nitrogen and oxygen atoms in total. The second-order valence-electron chi connectivity index (χ2n) is 6.63. The van der Waals surface area contributed by atoms with Crippen molar-refractivity contribution in [3.05, 3.63) is 35.9 Å². The fourth-order valence-corrected chi connectivity index (χ4v) is 3.15. The summed E-state index contributed by atoms with van der Waals surface area (Å²) in [5, 5.41) is 12.3. The lowest BCUT2D eigenvalue weighted by atomic mass is 9.97.